The topological polar surface area (TPSA) is 24.9 Å². The Balaban J connectivity index is 2.52. The average Bonchev–Trinajstić information content (AvgIpc) is 2.61. The molecule has 1 aromatic rings. The molecule has 0 spiro atoms. The number of nitrogens with one attached hydrogen (secondary N) is 1. The molecule has 0 radical (unpaired) electrons. The van der Waals surface area contributed by atoms with Crippen LogP contribution in [0, 0.1) is 0 Å². The van der Waals surface area contributed by atoms with Gasteiger partial charge in [0.1, 0.15) is 0 Å². The number of hydrogen-bond acceptors (Lipinski definition) is 3. The van der Waals surface area contributed by atoms with E-state index in [9.17, 15) is 0 Å². The number of nitrogens with zero attached hydrogens (tertiary/aromatic N) is 1. The van der Waals surface area contributed by atoms with Crippen molar-refractivity contribution in [2.24, 2.45) is 0 Å². The zero-order valence-electron chi connectivity index (χ0n) is 8.63. The molecule has 0 aliphatic carbocycles. The van der Waals surface area contributed by atoms with Crippen molar-refractivity contribution in [1.29, 1.82) is 0 Å². The zero-order chi connectivity index (χ0) is 9.68. The maximum Gasteiger partial charge on any atom is 0.183 e. The Morgan fingerprint density at radius 3 is 2.54 bits per heavy atom. The van der Waals surface area contributed by atoms with E-state index < -0.39 is 0 Å². The van der Waals surface area contributed by atoms with Crippen molar-refractivity contribution in [3.05, 3.63) is 11.1 Å². The van der Waals surface area contributed by atoms with Gasteiger partial charge in [0.2, 0.25) is 0 Å². The summed E-state index contributed by atoms with van der Waals surface area (Å²) in [7, 11) is 0. The van der Waals surface area contributed by atoms with Crippen LogP contribution in [-0.4, -0.2) is 11.0 Å². The molecule has 0 unspecified atom stereocenters. The Morgan fingerprint density at radius 1 is 1.38 bits per heavy atom. The van der Waals surface area contributed by atoms with Crippen molar-refractivity contribution in [3.8, 4) is 0 Å². The van der Waals surface area contributed by atoms with Gasteiger partial charge in [0.05, 0.1) is 5.69 Å². The fraction of sp³-hybridized carbons (Fsp3) is 0.700. The Labute approximate surface area is 84.4 Å². The van der Waals surface area contributed by atoms with Crippen LogP contribution in [-0.2, 0) is 6.42 Å². The number of thiazole rings is 1. The van der Waals surface area contributed by atoms with E-state index in [1.165, 1.54) is 5.69 Å². The summed E-state index contributed by atoms with van der Waals surface area (Å²) >= 11 is 1.71. The van der Waals surface area contributed by atoms with Crippen LogP contribution in [0.4, 0.5) is 5.13 Å². The lowest BCUT2D eigenvalue weighted by Gasteiger charge is -2.12. The van der Waals surface area contributed by atoms with Crippen LogP contribution in [0.25, 0.3) is 0 Å². The highest BCUT2D eigenvalue weighted by molar-refractivity contribution is 7.13. The molecule has 2 nitrogen and oxygen atoms in total. The molecule has 13 heavy (non-hydrogen) atoms. The molecule has 3 heteroatoms. The van der Waals surface area contributed by atoms with Gasteiger partial charge in [-0.3, -0.25) is 0 Å². The zero-order valence-corrected chi connectivity index (χ0v) is 9.45. The van der Waals surface area contributed by atoms with Crippen LogP contribution < -0.4 is 5.32 Å². The van der Waals surface area contributed by atoms with Gasteiger partial charge in [0, 0.05) is 11.4 Å². The van der Waals surface area contributed by atoms with Gasteiger partial charge in [-0.2, -0.15) is 0 Å². The van der Waals surface area contributed by atoms with Gasteiger partial charge in [-0.25, -0.2) is 4.98 Å². The van der Waals surface area contributed by atoms with Crippen LogP contribution in [0.2, 0.25) is 0 Å². The molecule has 0 aromatic carbocycles. The molecule has 0 aliphatic heterocycles. The summed E-state index contributed by atoms with van der Waals surface area (Å²) in [4.78, 5) is 4.47. The smallest absolute Gasteiger partial charge is 0.183 e. The molecular weight excluding hydrogens is 180 g/mol. The largest absolute Gasteiger partial charge is 0.359 e. The van der Waals surface area contributed by atoms with E-state index in [-0.39, 0.29) is 0 Å². The molecule has 74 valence electrons. The fourth-order valence-corrected chi connectivity index (χ4v) is 2.07. The number of aromatic nitrogens is 1. The molecule has 0 saturated heterocycles. The van der Waals surface area contributed by atoms with E-state index in [2.05, 4.69) is 36.5 Å². The third kappa shape index (κ3) is 2.99. The van der Waals surface area contributed by atoms with Crippen LogP contribution in [0.1, 0.15) is 39.3 Å². The number of aryl methyl sites for hydroxylation is 1. The average molecular weight is 198 g/mol. The first kappa shape index (κ1) is 10.5. The molecule has 0 atom stereocenters. The second kappa shape index (κ2) is 5.22. The minimum Gasteiger partial charge on any atom is -0.359 e. The summed E-state index contributed by atoms with van der Waals surface area (Å²) in [6.07, 6.45) is 3.36. The maximum atomic E-state index is 4.47. The Kier molecular flexibility index (Phi) is 4.22. The second-order valence-electron chi connectivity index (χ2n) is 3.16. The van der Waals surface area contributed by atoms with Crippen molar-refractivity contribution in [3.63, 3.8) is 0 Å². The molecule has 1 heterocycles. The molecule has 0 saturated carbocycles. The first-order chi connectivity index (χ1) is 6.30. The summed E-state index contributed by atoms with van der Waals surface area (Å²) < 4.78 is 0. The lowest BCUT2D eigenvalue weighted by atomic mass is 10.2. The van der Waals surface area contributed by atoms with Crippen molar-refractivity contribution >= 4 is 16.5 Å². The van der Waals surface area contributed by atoms with Crippen molar-refractivity contribution in [2.75, 3.05) is 5.32 Å². The van der Waals surface area contributed by atoms with Gasteiger partial charge in [-0.15, -0.1) is 11.3 Å². The summed E-state index contributed by atoms with van der Waals surface area (Å²) in [6.45, 7) is 6.54. The van der Waals surface area contributed by atoms with E-state index in [0.29, 0.717) is 6.04 Å². The lowest BCUT2D eigenvalue weighted by Crippen LogP contribution is -2.16. The highest BCUT2D eigenvalue weighted by Crippen LogP contribution is 2.17. The fourth-order valence-electron chi connectivity index (χ4n) is 1.20. The first-order valence-corrected chi connectivity index (χ1v) is 5.89. The summed E-state index contributed by atoms with van der Waals surface area (Å²) in [5.41, 5.74) is 1.19. The second-order valence-corrected chi connectivity index (χ2v) is 4.01. The van der Waals surface area contributed by atoms with Gasteiger partial charge < -0.3 is 5.32 Å². The van der Waals surface area contributed by atoms with E-state index in [0.717, 1.165) is 24.4 Å². The van der Waals surface area contributed by atoms with E-state index in [1.54, 1.807) is 11.3 Å². The van der Waals surface area contributed by atoms with Crippen LogP contribution >= 0.6 is 11.3 Å². The van der Waals surface area contributed by atoms with Gasteiger partial charge in [0.25, 0.3) is 0 Å². The predicted molar refractivity (Wildman–Crippen MR) is 59.5 cm³/mol. The van der Waals surface area contributed by atoms with Crippen molar-refractivity contribution in [2.45, 2.75) is 46.1 Å². The highest BCUT2D eigenvalue weighted by Gasteiger charge is 2.05. The minimum absolute atomic E-state index is 0.579. The number of rotatable bonds is 5. The number of hydrogen-bond donors (Lipinski definition) is 1. The summed E-state index contributed by atoms with van der Waals surface area (Å²) in [5.74, 6) is 0. The molecule has 1 N–H and O–H groups in total. The third-order valence-corrected chi connectivity index (χ3v) is 3.05. The van der Waals surface area contributed by atoms with Crippen LogP contribution in [0.3, 0.4) is 0 Å². The van der Waals surface area contributed by atoms with E-state index >= 15 is 0 Å². The highest BCUT2D eigenvalue weighted by atomic mass is 32.1. The van der Waals surface area contributed by atoms with Crippen LogP contribution in [0.5, 0.6) is 0 Å². The van der Waals surface area contributed by atoms with Gasteiger partial charge in [0.15, 0.2) is 5.13 Å². The predicted octanol–water partition coefficient (Wildman–Crippen LogP) is 3.31. The summed E-state index contributed by atoms with van der Waals surface area (Å²) in [5, 5.41) is 6.64. The number of anilines is 1. The Bertz CT molecular complexity index is 241. The summed E-state index contributed by atoms with van der Waals surface area (Å²) in [6, 6.07) is 0.579. The Morgan fingerprint density at radius 2 is 2.08 bits per heavy atom. The quantitative estimate of drug-likeness (QED) is 0.785. The molecule has 1 aromatic heterocycles. The standard InChI is InChI=1S/C10H18N2S/c1-4-8(5-2)11-10-12-9(6-3)7-13-10/h7-8H,4-6H2,1-3H3,(H,11,12). The SMILES string of the molecule is CCc1csc(NC(CC)CC)n1. The normalized spacial score (nSPS) is 10.8. The lowest BCUT2D eigenvalue weighted by molar-refractivity contribution is 0.670. The molecule has 0 fully saturated rings. The maximum absolute atomic E-state index is 4.47. The third-order valence-electron chi connectivity index (χ3n) is 2.23. The van der Waals surface area contributed by atoms with Crippen molar-refractivity contribution in [1.82, 2.24) is 4.98 Å². The monoisotopic (exact) mass is 198 g/mol. The minimum atomic E-state index is 0.579. The van der Waals surface area contributed by atoms with Crippen LogP contribution in [0.15, 0.2) is 5.38 Å². The van der Waals surface area contributed by atoms with Gasteiger partial charge in [-0.1, -0.05) is 20.8 Å². The first-order valence-electron chi connectivity index (χ1n) is 5.01. The molecule has 0 aliphatic rings. The van der Waals surface area contributed by atoms with Gasteiger partial charge in [-0.05, 0) is 19.3 Å². The Hall–Kier alpha value is -0.570. The molecular formula is C10H18N2S. The molecule has 0 amide bonds. The molecule has 1 rings (SSSR count). The van der Waals surface area contributed by atoms with E-state index in [4.69, 9.17) is 0 Å². The molecule has 0 bridgehead atoms. The van der Waals surface area contributed by atoms with Gasteiger partial charge >= 0.3 is 0 Å². The van der Waals surface area contributed by atoms with E-state index in [1.807, 2.05) is 0 Å². The van der Waals surface area contributed by atoms with Crippen molar-refractivity contribution < 1.29 is 0 Å².